The molecule has 0 spiro atoms. The molecule has 0 aliphatic carbocycles. The van der Waals surface area contributed by atoms with Gasteiger partial charge in [0.2, 0.25) is 34.1 Å². The van der Waals surface area contributed by atoms with Gasteiger partial charge in [-0.25, -0.2) is 38.3 Å². The minimum absolute atomic E-state index is 0.0186. The van der Waals surface area contributed by atoms with E-state index in [1.165, 1.54) is 74.7 Å². The van der Waals surface area contributed by atoms with Crippen molar-refractivity contribution in [2.75, 3.05) is 215 Å². The normalized spacial score (nSPS) is 14.5. The summed E-state index contributed by atoms with van der Waals surface area (Å²) >= 11 is 31.9. The number of carboxylic acids is 1. The predicted octanol–water partition coefficient (Wildman–Crippen LogP) is 21.8. The highest BCUT2D eigenvalue weighted by molar-refractivity contribution is 7.21. The average Bonchev–Trinajstić information content (AvgIpc) is 1.62. The molecule has 6 aliphatic rings. The Morgan fingerprint density at radius 2 is 0.755 bits per heavy atom. The summed E-state index contributed by atoms with van der Waals surface area (Å²) in [6.45, 7) is 64.8. The fourth-order valence-electron chi connectivity index (χ4n) is 16.3. The molecule has 32 nitrogen and oxygen atoms in total. The van der Waals surface area contributed by atoms with Crippen molar-refractivity contribution in [3.63, 3.8) is 0 Å². The number of ether oxygens (including phenoxy) is 6. The lowest BCUT2D eigenvalue weighted by Gasteiger charge is -2.28. The number of carbonyl (C=O) groups is 6. The number of hydrogen-bond acceptors (Lipinski definition) is 26. The van der Waals surface area contributed by atoms with Crippen LogP contribution in [0.3, 0.4) is 0 Å². The fraction of sp³-hybridized carbons (Fsp3) is 0.298. The highest BCUT2D eigenvalue weighted by Crippen LogP contribution is 2.56. The first-order valence-corrected chi connectivity index (χ1v) is 52.1. The van der Waals surface area contributed by atoms with Crippen molar-refractivity contribution in [3.05, 3.63) is 285 Å². The number of morpholine rings is 6. The van der Waals surface area contributed by atoms with E-state index in [0.717, 1.165) is 66.7 Å². The molecular weight excluding hydrogens is 2080 g/mol. The number of hydrogen-bond donors (Lipinski definition) is 6. The van der Waals surface area contributed by atoms with E-state index in [2.05, 4.69) is 65.4 Å². The van der Waals surface area contributed by atoms with Gasteiger partial charge in [-0.3, -0.25) is 24.0 Å². The van der Waals surface area contributed by atoms with Crippen LogP contribution in [0, 0.1) is 70.4 Å². The SMILES string of the molecule is [C-]#[N+]c1c(N2CCOCC2)sc(C(=O)N(C)C)c1-c1ccc(Cl)cc1Cl.[C-]#[N+]c1c(N2CCOCC2)sc(C(=O)NC)c1-c1ccc(Cl)c(C)c1.[C-]#[N+]c1c(N2CCOCC2)sc(C(=O)NC)c1-c1ccccc1F.[C-]#[N+]c1c(N2CCOCC2)sc(C(=O)O)c1C(O)c1ccc(Cl)cc1.[C-]#[N+]c1c(N2CCOCC2)sc(C(N)=O)c1-c1ccc(C#N)cc1.[C-]#[N+]c1c(N2CCOCC2)sc(C(N)=O)c1-c1ccc(C)cc1. The van der Waals surface area contributed by atoms with E-state index >= 15 is 0 Å². The summed E-state index contributed by atoms with van der Waals surface area (Å²) in [7, 11) is 6.52. The van der Waals surface area contributed by atoms with Crippen LogP contribution in [0.1, 0.15) is 92.0 Å². The van der Waals surface area contributed by atoms with E-state index in [0.29, 0.717) is 278 Å². The Labute approximate surface area is 893 Å². The number of nitrogens with two attached hydrogens (primary N) is 2. The van der Waals surface area contributed by atoms with Crippen molar-refractivity contribution in [2.24, 2.45) is 11.5 Å². The smallest absolute Gasteiger partial charge is 0.344 e. The number of nitrogens with one attached hydrogen (secondary N) is 2. The van der Waals surface area contributed by atoms with Gasteiger partial charge in [0.15, 0.2) is 0 Å². The molecule has 6 aliphatic heterocycles. The molecule has 12 heterocycles. The largest absolute Gasteiger partial charge is 0.477 e. The molecule has 6 fully saturated rings. The van der Waals surface area contributed by atoms with Gasteiger partial charge >= 0.3 is 5.97 Å². The van der Waals surface area contributed by atoms with Crippen LogP contribution in [0.2, 0.25) is 20.1 Å². The number of thiophene rings is 6. The maximum atomic E-state index is 14.3. The van der Waals surface area contributed by atoms with Crippen LogP contribution in [0.5, 0.6) is 0 Å². The zero-order valence-corrected chi connectivity index (χ0v) is 88.2. The van der Waals surface area contributed by atoms with Crippen LogP contribution in [-0.2, 0) is 28.4 Å². The Hall–Kier alpha value is -13.6. The average molecular weight is 2180 g/mol. The molecule has 8 N–H and O–H groups in total. The van der Waals surface area contributed by atoms with Gasteiger partial charge in [0.1, 0.15) is 10.7 Å². The molecule has 18 rings (SSSR count). The van der Waals surface area contributed by atoms with Crippen LogP contribution >= 0.6 is 114 Å². The minimum atomic E-state index is -1.21. The number of carbonyl (C=O) groups excluding carboxylic acids is 5. The third-order valence-electron chi connectivity index (χ3n) is 23.7. The zero-order valence-electron chi connectivity index (χ0n) is 80.3. The topological polar surface area (TPSA) is 347 Å². The second-order valence-electron chi connectivity index (χ2n) is 33.0. The van der Waals surface area contributed by atoms with Crippen LogP contribution in [0.25, 0.3) is 84.7 Å². The third-order valence-corrected chi connectivity index (χ3v) is 32.4. The number of aryl methyl sites for hydroxylation is 2. The summed E-state index contributed by atoms with van der Waals surface area (Å²) in [4.78, 5) is 111. The Balaban J connectivity index is 0.000000147. The highest BCUT2D eigenvalue weighted by atomic mass is 35.5. The second-order valence-corrected chi connectivity index (χ2v) is 40.7. The van der Waals surface area contributed by atoms with E-state index < -0.39 is 29.7 Å². The van der Waals surface area contributed by atoms with Crippen LogP contribution in [0.15, 0.2) is 133 Å². The monoisotopic (exact) mass is 2170 g/mol. The Kier molecular flexibility index (Phi) is 39.2. The summed E-state index contributed by atoms with van der Waals surface area (Å²) < 4.78 is 46.5. The van der Waals surface area contributed by atoms with Crippen molar-refractivity contribution in [2.45, 2.75) is 20.0 Å². The molecule has 758 valence electrons. The van der Waals surface area contributed by atoms with Crippen LogP contribution < -0.4 is 51.5 Å². The standard InChI is InChI=1S/C18H17Cl2N3O2S.C18H18ClN3O2S.C17H15ClN2O4S.C17H16FN3O2S.C17H14N4O2S.C17H17N3O2S/c1-21-15-14(12-5-4-11(19)10-13(12)20)16(17(24)22(2)3)26-18(15)23-6-8-25-9-7-23;1-11-10-12(4-5-13(11)19)14-15(20-2)18(22-6-8-24-9-7-22)25-16(14)17(23)21-3;1-19-13-12(14(21)10-2-4-11(18)5-3-10)15(17(22)23)25-16(13)20-6-8-24-9-7-20;1-19-14-13(11-5-3-4-6-12(11)18)15(16(22)20-2)24-17(14)21-7-9-23-10-8-21;1-20-14-13(12-4-2-11(10-18)3-5-12)15(16(19)22)24-17(14)21-6-8-23-9-7-21;1-11-3-5-12(6-4-11)13-14(19-2)17(23-15(13)16(18)21)20-7-9-22-10-8-20/h4-5,10H,6-9H2,2-3H3;4-5,10H,6-9H2,1,3H3,(H,21,23);2-5,14,21H,6-9H2,(H,22,23);3-6H,7-10H2,2H3,(H,20,22);2-5H,6-9H2,(H2,19,22);3-6H,7-10H2,1H3,(H2,18,21). The van der Waals surface area contributed by atoms with Crippen molar-refractivity contribution >= 4 is 214 Å². The van der Waals surface area contributed by atoms with Crippen molar-refractivity contribution in [1.29, 1.82) is 5.26 Å². The van der Waals surface area contributed by atoms with Gasteiger partial charge in [0.05, 0.1) is 191 Å². The van der Waals surface area contributed by atoms with E-state index in [1.807, 2.05) is 60.0 Å². The maximum Gasteiger partial charge on any atom is 0.344 e. The molecule has 6 saturated heterocycles. The molecule has 0 saturated carbocycles. The number of amides is 5. The number of benzene rings is 6. The Morgan fingerprint density at radius 3 is 1.11 bits per heavy atom. The molecule has 6 aromatic heterocycles. The number of anilines is 6. The van der Waals surface area contributed by atoms with Crippen molar-refractivity contribution in [1.82, 2.24) is 15.5 Å². The lowest BCUT2D eigenvalue weighted by molar-refractivity contribution is 0.0695. The number of rotatable bonds is 19. The number of aromatic carboxylic acids is 1. The molecule has 6 aromatic carbocycles. The molecule has 0 bridgehead atoms. The van der Waals surface area contributed by atoms with Gasteiger partial charge in [0.25, 0.3) is 29.5 Å². The van der Waals surface area contributed by atoms with Crippen LogP contribution in [-0.4, -0.2) is 237 Å². The molecule has 5 amide bonds. The van der Waals surface area contributed by atoms with E-state index in [1.54, 1.807) is 112 Å². The molecule has 43 heteroatoms. The molecule has 12 aromatic rings. The van der Waals surface area contributed by atoms with Crippen molar-refractivity contribution < 1.29 is 71.8 Å². The van der Waals surface area contributed by atoms with E-state index in [-0.39, 0.29) is 39.4 Å². The van der Waals surface area contributed by atoms with Gasteiger partial charge in [-0.15, -0.1) is 68.0 Å². The first kappa shape index (κ1) is 111. The summed E-state index contributed by atoms with van der Waals surface area (Å²) in [5.74, 6) is -3.30. The number of aliphatic hydroxyl groups is 1. The number of halogens is 5. The Bertz CT molecular complexity index is 7170. The first-order valence-electron chi connectivity index (χ1n) is 45.6. The molecule has 1 unspecified atom stereocenters. The van der Waals surface area contributed by atoms with E-state index in [4.69, 9.17) is 131 Å². The van der Waals surface area contributed by atoms with Gasteiger partial charge in [0, 0.05) is 166 Å². The third kappa shape index (κ3) is 25.8. The minimum Gasteiger partial charge on any atom is -0.477 e. The van der Waals surface area contributed by atoms with Gasteiger partial charge in [-0.2, -0.15) is 5.26 Å². The van der Waals surface area contributed by atoms with Crippen LogP contribution in [0.4, 0.5) is 68.5 Å². The predicted molar refractivity (Wildman–Crippen MR) is 582 cm³/mol. The number of primary amides is 2. The summed E-state index contributed by atoms with van der Waals surface area (Å²) in [5.41, 5.74) is 22.9. The molecule has 0 radical (unpaired) electrons. The van der Waals surface area contributed by atoms with Crippen molar-refractivity contribution in [3.8, 4) is 61.7 Å². The lowest BCUT2D eigenvalue weighted by Crippen LogP contribution is -2.35. The lowest BCUT2D eigenvalue weighted by atomic mass is 10.0. The van der Waals surface area contributed by atoms with Gasteiger partial charge in [-0.05, 0) is 95.8 Å². The molecule has 147 heavy (non-hydrogen) atoms. The quantitative estimate of drug-likeness (QED) is 0.0410. The number of carboxylic acid groups (broad SMARTS) is 1. The maximum absolute atomic E-state index is 14.3. The highest BCUT2D eigenvalue weighted by Gasteiger charge is 2.37. The summed E-state index contributed by atoms with van der Waals surface area (Å²) in [6.07, 6.45) is -1.21. The Morgan fingerprint density at radius 1 is 0.422 bits per heavy atom. The second kappa shape index (κ2) is 52.1. The number of nitrogens with zero attached hydrogens (tertiary/aromatic N) is 14. The fourth-order valence-corrected chi connectivity index (χ4v) is 24.4. The van der Waals surface area contributed by atoms with E-state index in [9.17, 15) is 43.4 Å². The summed E-state index contributed by atoms with van der Waals surface area (Å²) in [6, 6.07) is 40.1. The molecular formula is C104H97Cl4FN18O14S6. The zero-order chi connectivity index (χ0) is 105. The van der Waals surface area contributed by atoms with Gasteiger partial charge < -0.3 is 95.0 Å². The number of nitriles is 1. The van der Waals surface area contributed by atoms with Gasteiger partial charge in [-0.1, -0.05) is 137 Å². The number of aliphatic hydroxyl groups excluding tert-OH is 1. The summed E-state index contributed by atoms with van der Waals surface area (Å²) in [5, 5.41) is 41.1. The first-order chi connectivity index (χ1) is 71.0. The molecule has 1 atom stereocenters.